The molecular weight excluding hydrogens is 300 g/mol. The van der Waals surface area contributed by atoms with Gasteiger partial charge in [0.25, 0.3) is 0 Å². The van der Waals surface area contributed by atoms with Gasteiger partial charge in [0, 0.05) is 21.3 Å². The molecule has 0 unspecified atom stereocenters. The number of H-pyrrole nitrogens is 1. The van der Waals surface area contributed by atoms with Crippen LogP contribution in [0.3, 0.4) is 0 Å². The third-order valence-corrected chi connectivity index (χ3v) is 3.75. The van der Waals surface area contributed by atoms with Crippen LogP contribution in [0.25, 0.3) is 22.6 Å². The molecule has 3 rings (SSSR count). The van der Waals surface area contributed by atoms with Crippen molar-refractivity contribution in [2.75, 3.05) is 0 Å². The number of aryl methyl sites for hydroxylation is 1. The molecule has 1 N–H and O–H groups in total. The molecule has 0 spiro atoms. The van der Waals surface area contributed by atoms with E-state index in [9.17, 15) is 0 Å². The highest BCUT2D eigenvalue weighted by Gasteiger charge is 2.11. The third-order valence-electron chi connectivity index (χ3n) is 3.06. The summed E-state index contributed by atoms with van der Waals surface area (Å²) in [5.74, 6) is 0.892. The van der Waals surface area contributed by atoms with E-state index in [2.05, 4.69) is 46.0 Å². The smallest absolute Gasteiger partial charge is 0.139 e. The Morgan fingerprint density at radius 1 is 0.947 bits per heavy atom. The Balaban J connectivity index is 2.10. The van der Waals surface area contributed by atoms with Gasteiger partial charge in [0.1, 0.15) is 5.82 Å². The standard InChI is InChI=1S/C16H13BrN2/c1-11-15(12-7-3-2-4-8-12)19-16(18-11)13-9-5-6-10-14(13)17/h2-10H,1H3,(H,18,19). The van der Waals surface area contributed by atoms with Crippen LogP contribution in [0.2, 0.25) is 0 Å². The molecule has 0 saturated heterocycles. The van der Waals surface area contributed by atoms with Crippen molar-refractivity contribution < 1.29 is 0 Å². The summed E-state index contributed by atoms with van der Waals surface area (Å²) in [5, 5.41) is 0. The zero-order chi connectivity index (χ0) is 13.2. The summed E-state index contributed by atoms with van der Waals surface area (Å²) in [6.07, 6.45) is 0. The van der Waals surface area contributed by atoms with Crippen molar-refractivity contribution in [2.24, 2.45) is 0 Å². The Morgan fingerprint density at radius 3 is 2.37 bits per heavy atom. The number of rotatable bonds is 2. The second-order valence-electron chi connectivity index (χ2n) is 4.40. The molecule has 0 saturated carbocycles. The molecule has 0 atom stereocenters. The maximum absolute atomic E-state index is 4.73. The number of halogens is 1. The molecule has 0 fully saturated rings. The SMILES string of the molecule is Cc1[nH]c(-c2ccccc2Br)nc1-c1ccccc1. The van der Waals surface area contributed by atoms with Crippen LogP contribution in [0.15, 0.2) is 59.1 Å². The number of imidazole rings is 1. The largest absolute Gasteiger partial charge is 0.342 e. The van der Waals surface area contributed by atoms with Crippen molar-refractivity contribution in [3.05, 3.63) is 64.8 Å². The van der Waals surface area contributed by atoms with E-state index in [1.807, 2.05) is 36.4 Å². The Hall–Kier alpha value is -1.87. The van der Waals surface area contributed by atoms with Gasteiger partial charge in [-0.1, -0.05) is 64.5 Å². The molecule has 2 nitrogen and oxygen atoms in total. The monoisotopic (exact) mass is 312 g/mol. The summed E-state index contributed by atoms with van der Waals surface area (Å²) in [5.41, 5.74) is 4.30. The first-order valence-electron chi connectivity index (χ1n) is 6.12. The number of aromatic nitrogens is 2. The molecule has 2 aromatic carbocycles. The van der Waals surface area contributed by atoms with Crippen molar-refractivity contribution in [1.82, 2.24) is 9.97 Å². The quantitative estimate of drug-likeness (QED) is 0.722. The van der Waals surface area contributed by atoms with Gasteiger partial charge in [-0.2, -0.15) is 0 Å². The summed E-state index contributed by atoms with van der Waals surface area (Å²) >= 11 is 3.56. The summed E-state index contributed by atoms with van der Waals surface area (Å²) in [6, 6.07) is 18.3. The lowest BCUT2D eigenvalue weighted by Gasteiger charge is -1.99. The van der Waals surface area contributed by atoms with E-state index in [0.717, 1.165) is 32.8 Å². The molecule has 0 aliphatic carbocycles. The molecule has 3 aromatic rings. The number of hydrogen-bond acceptors (Lipinski definition) is 1. The van der Waals surface area contributed by atoms with Crippen LogP contribution < -0.4 is 0 Å². The lowest BCUT2D eigenvalue weighted by molar-refractivity contribution is 1.25. The average Bonchev–Trinajstić information content (AvgIpc) is 2.82. The summed E-state index contributed by atoms with van der Waals surface area (Å²) < 4.78 is 1.04. The third kappa shape index (κ3) is 2.34. The van der Waals surface area contributed by atoms with Gasteiger partial charge in [-0.3, -0.25) is 0 Å². The zero-order valence-corrected chi connectivity index (χ0v) is 12.1. The van der Waals surface area contributed by atoms with Crippen molar-refractivity contribution in [1.29, 1.82) is 0 Å². The number of benzene rings is 2. The van der Waals surface area contributed by atoms with Crippen LogP contribution >= 0.6 is 15.9 Å². The van der Waals surface area contributed by atoms with Crippen molar-refractivity contribution >= 4 is 15.9 Å². The normalized spacial score (nSPS) is 10.6. The van der Waals surface area contributed by atoms with Gasteiger partial charge in [-0.05, 0) is 13.0 Å². The van der Waals surface area contributed by atoms with Crippen LogP contribution in [0.4, 0.5) is 0 Å². The van der Waals surface area contributed by atoms with Crippen LogP contribution in [-0.2, 0) is 0 Å². The highest BCUT2D eigenvalue weighted by molar-refractivity contribution is 9.10. The molecule has 0 aliphatic rings. The van der Waals surface area contributed by atoms with E-state index in [-0.39, 0.29) is 0 Å². The molecule has 0 amide bonds. The van der Waals surface area contributed by atoms with Gasteiger partial charge in [0.2, 0.25) is 0 Å². The fraction of sp³-hybridized carbons (Fsp3) is 0.0625. The number of nitrogens with one attached hydrogen (secondary N) is 1. The van der Waals surface area contributed by atoms with Gasteiger partial charge < -0.3 is 4.98 Å². The van der Waals surface area contributed by atoms with E-state index in [4.69, 9.17) is 4.98 Å². The topological polar surface area (TPSA) is 28.7 Å². The second-order valence-corrected chi connectivity index (χ2v) is 5.26. The summed E-state index contributed by atoms with van der Waals surface area (Å²) in [7, 11) is 0. The van der Waals surface area contributed by atoms with Crippen molar-refractivity contribution in [2.45, 2.75) is 6.92 Å². The first-order chi connectivity index (χ1) is 9.25. The summed E-state index contributed by atoms with van der Waals surface area (Å²) in [4.78, 5) is 8.08. The second kappa shape index (κ2) is 5.02. The van der Waals surface area contributed by atoms with Crippen molar-refractivity contribution in [3.8, 4) is 22.6 Å². The zero-order valence-electron chi connectivity index (χ0n) is 10.5. The van der Waals surface area contributed by atoms with Gasteiger partial charge in [-0.25, -0.2) is 4.98 Å². The first kappa shape index (κ1) is 12.2. The van der Waals surface area contributed by atoms with Gasteiger partial charge in [-0.15, -0.1) is 0 Å². The van der Waals surface area contributed by atoms with Gasteiger partial charge in [0.05, 0.1) is 5.69 Å². The lowest BCUT2D eigenvalue weighted by atomic mass is 10.1. The molecule has 3 heteroatoms. The van der Waals surface area contributed by atoms with Crippen molar-refractivity contribution in [3.63, 3.8) is 0 Å². The molecule has 1 heterocycles. The maximum Gasteiger partial charge on any atom is 0.139 e. The molecule has 19 heavy (non-hydrogen) atoms. The van der Waals surface area contributed by atoms with Crippen LogP contribution in [0.1, 0.15) is 5.69 Å². The Kier molecular flexibility index (Phi) is 3.22. The first-order valence-corrected chi connectivity index (χ1v) is 6.92. The van der Waals surface area contributed by atoms with E-state index in [1.165, 1.54) is 0 Å². The Morgan fingerprint density at radius 2 is 1.63 bits per heavy atom. The molecule has 1 aromatic heterocycles. The fourth-order valence-corrected chi connectivity index (χ4v) is 2.59. The van der Waals surface area contributed by atoms with Gasteiger partial charge >= 0.3 is 0 Å². The number of hydrogen-bond donors (Lipinski definition) is 1. The molecule has 94 valence electrons. The number of aromatic amines is 1. The minimum Gasteiger partial charge on any atom is -0.342 e. The Labute approximate surface area is 120 Å². The highest BCUT2D eigenvalue weighted by atomic mass is 79.9. The summed E-state index contributed by atoms with van der Waals surface area (Å²) in [6.45, 7) is 2.05. The van der Waals surface area contributed by atoms with E-state index in [0.29, 0.717) is 0 Å². The van der Waals surface area contributed by atoms with E-state index < -0.39 is 0 Å². The highest BCUT2D eigenvalue weighted by Crippen LogP contribution is 2.29. The average molecular weight is 313 g/mol. The van der Waals surface area contributed by atoms with E-state index in [1.54, 1.807) is 0 Å². The minimum atomic E-state index is 0.892. The molecule has 0 aliphatic heterocycles. The van der Waals surface area contributed by atoms with Crippen LogP contribution in [-0.4, -0.2) is 9.97 Å². The molecular formula is C16H13BrN2. The minimum absolute atomic E-state index is 0.892. The van der Waals surface area contributed by atoms with Gasteiger partial charge in [0.15, 0.2) is 0 Å². The Bertz CT molecular complexity index is 702. The van der Waals surface area contributed by atoms with Crippen LogP contribution in [0, 0.1) is 6.92 Å². The van der Waals surface area contributed by atoms with Crippen LogP contribution in [0.5, 0.6) is 0 Å². The number of nitrogens with zero attached hydrogens (tertiary/aromatic N) is 1. The predicted octanol–water partition coefficient (Wildman–Crippen LogP) is 4.81. The van der Waals surface area contributed by atoms with E-state index >= 15 is 0 Å². The maximum atomic E-state index is 4.73. The molecule has 0 bridgehead atoms. The predicted molar refractivity (Wildman–Crippen MR) is 81.9 cm³/mol. The fourth-order valence-electron chi connectivity index (χ4n) is 2.12. The lowest BCUT2D eigenvalue weighted by Crippen LogP contribution is -1.82. The molecule has 0 radical (unpaired) electrons.